The minimum Gasteiger partial charge on any atom is -0.330 e. The van der Waals surface area contributed by atoms with Gasteiger partial charge in [-0.25, -0.2) is 9.20 Å². The van der Waals surface area contributed by atoms with Crippen LogP contribution in [-0.4, -0.2) is 40.8 Å². The Kier molecular flexibility index (Phi) is 7.51. The van der Waals surface area contributed by atoms with Gasteiger partial charge in [-0.1, -0.05) is 29.8 Å². The smallest absolute Gasteiger partial charge is 0.330 e. The van der Waals surface area contributed by atoms with Crippen LogP contribution in [0, 0.1) is 12.8 Å². The first kappa shape index (κ1) is 29.9. The second-order valence-corrected chi connectivity index (χ2v) is 12.6. The predicted molar refractivity (Wildman–Crippen MR) is 163 cm³/mol. The van der Waals surface area contributed by atoms with Gasteiger partial charge in [-0.2, -0.15) is 23.4 Å². The fraction of sp³-hybridized carbons (Fsp3) is 0.312. The number of rotatable bonds is 5. The summed E-state index contributed by atoms with van der Waals surface area (Å²) in [5.41, 5.74) is 3.91. The zero-order chi connectivity index (χ0) is 31.5. The van der Waals surface area contributed by atoms with Crippen LogP contribution in [0.4, 0.5) is 13.2 Å². The third-order valence-electron chi connectivity index (χ3n) is 7.94. The maximum absolute atomic E-state index is 14.3. The van der Waals surface area contributed by atoms with E-state index in [-0.39, 0.29) is 34.5 Å². The number of nitrogens with zero attached hydrogens (tertiary/aromatic N) is 6. The Morgan fingerprint density at radius 1 is 1.07 bits per heavy atom. The van der Waals surface area contributed by atoms with Gasteiger partial charge in [-0.3, -0.25) is 14.2 Å². The van der Waals surface area contributed by atoms with E-state index in [9.17, 15) is 22.8 Å². The first-order chi connectivity index (χ1) is 20.8. The van der Waals surface area contributed by atoms with Crippen LogP contribution >= 0.6 is 15.9 Å². The van der Waals surface area contributed by atoms with Gasteiger partial charge in [-0.05, 0) is 80.6 Å². The zero-order valence-electron chi connectivity index (χ0n) is 24.6. The highest BCUT2D eigenvalue weighted by atomic mass is 79.9. The van der Waals surface area contributed by atoms with Crippen LogP contribution < -0.4 is 5.56 Å². The summed E-state index contributed by atoms with van der Waals surface area (Å²) < 4.78 is 45.8. The molecule has 3 aromatic heterocycles. The number of hydrogen-bond donors (Lipinski definition) is 0. The van der Waals surface area contributed by atoms with Crippen molar-refractivity contribution in [2.45, 2.75) is 59.3 Å². The van der Waals surface area contributed by atoms with Crippen LogP contribution in [0.2, 0.25) is 0 Å². The van der Waals surface area contributed by atoms with Crippen molar-refractivity contribution in [1.29, 1.82) is 0 Å². The van der Waals surface area contributed by atoms with E-state index in [1.54, 1.807) is 33.1 Å². The Morgan fingerprint density at radius 2 is 1.77 bits per heavy atom. The Hall–Kier alpha value is -4.19. The Bertz CT molecular complexity index is 1960. The number of halogens is 4. The highest BCUT2D eigenvalue weighted by Gasteiger charge is 2.36. The van der Waals surface area contributed by atoms with E-state index in [1.165, 1.54) is 17.0 Å². The van der Waals surface area contributed by atoms with Crippen molar-refractivity contribution in [3.63, 3.8) is 0 Å². The molecule has 0 radical (unpaired) electrons. The van der Waals surface area contributed by atoms with E-state index in [4.69, 9.17) is 0 Å². The fourth-order valence-corrected chi connectivity index (χ4v) is 6.30. The highest BCUT2D eigenvalue weighted by molar-refractivity contribution is 9.10. The van der Waals surface area contributed by atoms with Gasteiger partial charge in [0.25, 0.3) is 11.5 Å². The summed E-state index contributed by atoms with van der Waals surface area (Å²) in [6.07, 6.45) is 1.72. The number of benzene rings is 2. The van der Waals surface area contributed by atoms with Gasteiger partial charge in [-0.15, -0.1) is 0 Å². The molecule has 0 saturated carbocycles. The lowest BCUT2D eigenvalue weighted by Gasteiger charge is -2.35. The highest BCUT2D eigenvalue weighted by Crippen LogP contribution is 2.36. The number of aromatic nitrogens is 5. The fourth-order valence-electron chi connectivity index (χ4n) is 5.83. The molecule has 0 spiro atoms. The molecule has 1 aliphatic rings. The number of carbonyl (C=O) groups is 1. The molecular weight excluding hydrogens is 637 g/mol. The van der Waals surface area contributed by atoms with Crippen molar-refractivity contribution in [3.8, 4) is 11.4 Å². The lowest BCUT2D eigenvalue weighted by molar-refractivity contribution is -0.138. The maximum Gasteiger partial charge on any atom is 0.417 e. The van der Waals surface area contributed by atoms with Crippen LogP contribution in [0.15, 0.2) is 70.3 Å². The lowest BCUT2D eigenvalue weighted by Crippen LogP contribution is -2.46. The number of amides is 1. The van der Waals surface area contributed by atoms with E-state index in [0.717, 1.165) is 22.9 Å². The second kappa shape index (κ2) is 11.1. The van der Waals surface area contributed by atoms with E-state index in [2.05, 4.69) is 40.0 Å². The normalized spacial score (nSPS) is 15.3. The molecule has 1 aliphatic heterocycles. The molecule has 12 heteroatoms. The number of alkyl halides is 3. The molecule has 0 saturated heterocycles. The lowest BCUT2D eigenvalue weighted by atomic mass is 9.97. The SMILES string of the molecule is Cc1cnn(-c2ccc(-n3c(=O)c4c(n5ncc(CC(C)C)c35)CN(C(=O)c3ccc(Br)c(C(F)(F)F)c3)C(C)C4)cc2)c1. The summed E-state index contributed by atoms with van der Waals surface area (Å²) in [4.78, 5) is 29.4. The van der Waals surface area contributed by atoms with Gasteiger partial charge in [0, 0.05) is 33.4 Å². The molecule has 8 nitrogen and oxygen atoms in total. The molecule has 1 atom stereocenters. The summed E-state index contributed by atoms with van der Waals surface area (Å²) in [6, 6.07) is 10.6. The van der Waals surface area contributed by atoms with Crippen molar-refractivity contribution in [2.24, 2.45) is 5.92 Å². The van der Waals surface area contributed by atoms with Crippen LogP contribution in [0.1, 0.15) is 59.1 Å². The standard InChI is InChI=1S/C32H30BrF3N6O2/c1-18(2)11-22-15-38-42-28-17-39(30(43)21-5-10-27(33)26(13-21)32(34,35)36)20(4)12-25(28)31(44)41(29(22)42)24-8-6-23(7-9-24)40-16-19(3)14-37-40/h5-10,13-16,18,20H,11-12,17H2,1-4H3. The van der Waals surface area contributed by atoms with Crippen molar-refractivity contribution < 1.29 is 18.0 Å². The molecule has 0 N–H and O–H groups in total. The van der Waals surface area contributed by atoms with E-state index in [0.29, 0.717) is 29.0 Å². The molecule has 6 rings (SSSR count). The van der Waals surface area contributed by atoms with E-state index < -0.39 is 23.7 Å². The summed E-state index contributed by atoms with van der Waals surface area (Å²) in [5, 5.41) is 9.05. The number of hydrogen-bond acceptors (Lipinski definition) is 4. The van der Waals surface area contributed by atoms with Crippen LogP contribution in [0.3, 0.4) is 0 Å². The molecule has 0 fully saturated rings. The van der Waals surface area contributed by atoms with Gasteiger partial charge in [0.15, 0.2) is 0 Å². The van der Waals surface area contributed by atoms with Crippen molar-refractivity contribution >= 4 is 27.5 Å². The van der Waals surface area contributed by atoms with E-state index in [1.807, 2.05) is 37.4 Å². The predicted octanol–water partition coefficient (Wildman–Crippen LogP) is 6.55. The summed E-state index contributed by atoms with van der Waals surface area (Å²) in [5.74, 6) is -0.260. The minimum atomic E-state index is -4.62. The number of carbonyl (C=O) groups excluding carboxylic acids is 1. The quantitative estimate of drug-likeness (QED) is 0.213. The van der Waals surface area contributed by atoms with Crippen LogP contribution in [0.25, 0.3) is 17.0 Å². The number of fused-ring (bicyclic) bond motifs is 3. The van der Waals surface area contributed by atoms with E-state index >= 15 is 0 Å². The van der Waals surface area contributed by atoms with Gasteiger partial charge < -0.3 is 4.90 Å². The van der Waals surface area contributed by atoms with Crippen molar-refractivity contribution in [3.05, 3.63) is 109 Å². The molecule has 4 heterocycles. The second-order valence-electron chi connectivity index (χ2n) is 11.7. The monoisotopic (exact) mass is 666 g/mol. The topological polar surface area (TPSA) is 77.4 Å². The Balaban J connectivity index is 1.46. The van der Waals surface area contributed by atoms with Crippen LogP contribution in [-0.2, 0) is 25.6 Å². The molecule has 0 bridgehead atoms. The molecule has 44 heavy (non-hydrogen) atoms. The molecule has 1 amide bonds. The molecule has 228 valence electrons. The van der Waals surface area contributed by atoms with Gasteiger partial charge in [0.05, 0.1) is 41.6 Å². The summed E-state index contributed by atoms with van der Waals surface area (Å²) in [6.45, 7) is 7.96. The summed E-state index contributed by atoms with van der Waals surface area (Å²) >= 11 is 2.94. The van der Waals surface area contributed by atoms with Gasteiger partial charge in [0.1, 0.15) is 5.65 Å². The maximum atomic E-state index is 14.3. The summed E-state index contributed by atoms with van der Waals surface area (Å²) in [7, 11) is 0. The molecule has 2 aromatic carbocycles. The molecule has 1 unspecified atom stereocenters. The van der Waals surface area contributed by atoms with Crippen molar-refractivity contribution in [2.75, 3.05) is 0 Å². The van der Waals surface area contributed by atoms with Crippen molar-refractivity contribution in [1.82, 2.24) is 28.9 Å². The first-order valence-electron chi connectivity index (χ1n) is 14.3. The molecular formula is C32H30BrF3N6O2. The van der Waals surface area contributed by atoms with Crippen LogP contribution in [0.5, 0.6) is 0 Å². The van der Waals surface area contributed by atoms with Gasteiger partial charge in [0.2, 0.25) is 0 Å². The average molecular weight is 668 g/mol. The zero-order valence-corrected chi connectivity index (χ0v) is 26.1. The third-order valence-corrected chi connectivity index (χ3v) is 8.63. The largest absolute Gasteiger partial charge is 0.417 e. The first-order valence-corrected chi connectivity index (χ1v) is 15.1. The molecule has 5 aromatic rings. The minimum absolute atomic E-state index is 0.0275. The molecule has 0 aliphatic carbocycles. The Labute approximate surface area is 259 Å². The third kappa shape index (κ3) is 5.25. The average Bonchev–Trinajstić information content (AvgIpc) is 3.59. The Morgan fingerprint density at radius 3 is 2.41 bits per heavy atom. The number of aryl methyl sites for hydroxylation is 1. The van der Waals surface area contributed by atoms with Gasteiger partial charge >= 0.3 is 6.18 Å².